The van der Waals surface area contributed by atoms with Crippen LogP contribution < -0.4 is 5.32 Å². The van der Waals surface area contributed by atoms with Gasteiger partial charge in [-0.15, -0.1) is 11.3 Å². The van der Waals surface area contributed by atoms with Gasteiger partial charge in [0, 0.05) is 37.7 Å². The smallest absolute Gasteiger partial charge is 0.268 e. The van der Waals surface area contributed by atoms with Gasteiger partial charge in [-0.3, -0.25) is 14.9 Å². The molecular formula is C25H24N4O2S. The topological polar surface area (TPSA) is 67.2 Å². The van der Waals surface area contributed by atoms with Crippen molar-refractivity contribution in [3.05, 3.63) is 71.2 Å². The zero-order chi connectivity index (χ0) is 22.2. The molecule has 3 heterocycles. The maximum Gasteiger partial charge on any atom is 0.268 e. The van der Waals surface area contributed by atoms with Crippen molar-refractivity contribution < 1.29 is 9.59 Å². The van der Waals surface area contributed by atoms with E-state index in [4.69, 9.17) is 0 Å². The van der Waals surface area contributed by atoms with E-state index in [0.717, 1.165) is 39.9 Å². The SMILES string of the molecule is CC(=O)N1CC[C@H](c2c(C(=O)Nc3ncc(-c4ccccc4)n3C)sc3ccccc23)C1. The molecule has 1 aliphatic rings. The summed E-state index contributed by atoms with van der Waals surface area (Å²) in [6.45, 7) is 2.98. The summed E-state index contributed by atoms with van der Waals surface area (Å²) in [4.78, 5) is 32.3. The summed E-state index contributed by atoms with van der Waals surface area (Å²) in [5.74, 6) is 0.585. The van der Waals surface area contributed by atoms with Crippen LogP contribution in [0.4, 0.5) is 5.95 Å². The number of likely N-dealkylation sites (tertiary alicyclic amines) is 1. The van der Waals surface area contributed by atoms with Crippen LogP contribution in [0.2, 0.25) is 0 Å². The second-order valence-electron chi connectivity index (χ2n) is 8.14. The first-order chi connectivity index (χ1) is 15.5. The van der Waals surface area contributed by atoms with E-state index >= 15 is 0 Å². The molecule has 1 fully saturated rings. The number of aromatic nitrogens is 2. The first kappa shape index (κ1) is 20.5. The van der Waals surface area contributed by atoms with Crippen LogP contribution in [0.15, 0.2) is 60.8 Å². The Morgan fingerprint density at radius 1 is 1.09 bits per heavy atom. The monoisotopic (exact) mass is 444 g/mol. The third-order valence-corrected chi connectivity index (χ3v) is 7.35. The molecule has 4 aromatic rings. The quantitative estimate of drug-likeness (QED) is 0.487. The number of nitrogens with zero attached hydrogens (tertiary/aromatic N) is 3. The van der Waals surface area contributed by atoms with Crippen molar-refractivity contribution in [1.82, 2.24) is 14.5 Å². The van der Waals surface area contributed by atoms with Crippen LogP contribution >= 0.6 is 11.3 Å². The third-order valence-electron chi connectivity index (χ3n) is 6.17. The van der Waals surface area contributed by atoms with Gasteiger partial charge < -0.3 is 9.47 Å². The number of carbonyl (C=O) groups is 2. The highest BCUT2D eigenvalue weighted by atomic mass is 32.1. The molecule has 1 atom stereocenters. The van der Waals surface area contributed by atoms with Crippen molar-refractivity contribution in [1.29, 1.82) is 0 Å². The van der Waals surface area contributed by atoms with Crippen LogP contribution in [0.25, 0.3) is 21.3 Å². The maximum atomic E-state index is 13.4. The molecule has 5 rings (SSSR count). The van der Waals surface area contributed by atoms with Gasteiger partial charge in [0.05, 0.1) is 16.8 Å². The van der Waals surface area contributed by atoms with E-state index in [9.17, 15) is 9.59 Å². The van der Waals surface area contributed by atoms with Crippen molar-refractivity contribution in [2.75, 3.05) is 18.4 Å². The van der Waals surface area contributed by atoms with Gasteiger partial charge in [-0.05, 0) is 29.0 Å². The van der Waals surface area contributed by atoms with E-state index in [2.05, 4.69) is 16.4 Å². The van der Waals surface area contributed by atoms with Crippen molar-refractivity contribution >= 4 is 39.2 Å². The summed E-state index contributed by atoms with van der Waals surface area (Å²) >= 11 is 1.50. The molecule has 32 heavy (non-hydrogen) atoms. The van der Waals surface area contributed by atoms with Gasteiger partial charge in [0.25, 0.3) is 5.91 Å². The number of rotatable bonds is 4. The van der Waals surface area contributed by atoms with E-state index in [-0.39, 0.29) is 17.7 Å². The first-order valence-electron chi connectivity index (χ1n) is 10.7. The summed E-state index contributed by atoms with van der Waals surface area (Å²) in [5.41, 5.74) is 3.02. The molecule has 1 N–H and O–H groups in total. The minimum atomic E-state index is -0.157. The van der Waals surface area contributed by atoms with Crippen LogP contribution in [-0.2, 0) is 11.8 Å². The van der Waals surface area contributed by atoms with Crippen molar-refractivity contribution in [3.63, 3.8) is 0 Å². The Bertz CT molecular complexity index is 1310. The highest BCUT2D eigenvalue weighted by Gasteiger charge is 2.31. The fourth-order valence-electron chi connectivity index (χ4n) is 4.48. The number of anilines is 1. The standard InChI is InChI=1S/C25H24N4O2S/c1-16(30)29-13-12-18(15-29)22-19-10-6-7-11-21(19)32-23(22)24(31)27-25-26-14-20(28(25)2)17-8-4-3-5-9-17/h3-11,14,18H,12-13,15H2,1-2H3,(H,26,27,31)/t18-/m0/s1. The number of hydrogen-bond donors (Lipinski definition) is 1. The third kappa shape index (κ3) is 3.58. The number of hydrogen-bond acceptors (Lipinski definition) is 4. The Morgan fingerprint density at radius 3 is 2.59 bits per heavy atom. The molecule has 0 aliphatic carbocycles. The molecule has 0 radical (unpaired) electrons. The molecule has 0 spiro atoms. The van der Waals surface area contributed by atoms with Crippen LogP contribution in [0, 0.1) is 0 Å². The number of nitrogens with one attached hydrogen (secondary N) is 1. The number of fused-ring (bicyclic) bond motifs is 1. The largest absolute Gasteiger partial charge is 0.342 e. The van der Waals surface area contributed by atoms with Crippen LogP contribution in [0.1, 0.15) is 34.5 Å². The van der Waals surface area contributed by atoms with Crippen molar-refractivity contribution in [2.24, 2.45) is 7.05 Å². The minimum absolute atomic E-state index is 0.0829. The van der Waals surface area contributed by atoms with E-state index in [1.54, 1.807) is 13.1 Å². The Hall–Kier alpha value is -3.45. The zero-order valence-corrected chi connectivity index (χ0v) is 18.9. The molecular weight excluding hydrogens is 420 g/mol. The number of amides is 2. The summed E-state index contributed by atoms with van der Waals surface area (Å²) < 4.78 is 2.98. The molecule has 0 bridgehead atoms. The van der Waals surface area contributed by atoms with E-state index in [1.165, 1.54) is 11.3 Å². The van der Waals surface area contributed by atoms with Crippen LogP contribution in [0.3, 0.4) is 0 Å². The lowest BCUT2D eigenvalue weighted by Gasteiger charge is -2.15. The predicted octanol–water partition coefficient (Wildman–Crippen LogP) is 4.89. The highest BCUT2D eigenvalue weighted by molar-refractivity contribution is 7.21. The normalized spacial score (nSPS) is 15.9. The summed E-state index contributed by atoms with van der Waals surface area (Å²) in [6.07, 6.45) is 2.64. The van der Waals surface area contributed by atoms with Gasteiger partial charge in [-0.1, -0.05) is 48.5 Å². The molecule has 2 aromatic heterocycles. The lowest BCUT2D eigenvalue weighted by atomic mass is 9.95. The minimum Gasteiger partial charge on any atom is -0.342 e. The molecule has 1 saturated heterocycles. The van der Waals surface area contributed by atoms with Crippen molar-refractivity contribution in [3.8, 4) is 11.3 Å². The predicted molar refractivity (Wildman–Crippen MR) is 128 cm³/mol. The fourth-order valence-corrected chi connectivity index (χ4v) is 5.67. The molecule has 1 aliphatic heterocycles. The zero-order valence-electron chi connectivity index (χ0n) is 18.0. The summed E-state index contributed by atoms with van der Waals surface area (Å²) in [6, 6.07) is 18.1. The number of thiophene rings is 1. The maximum absolute atomic E-state index is 13.4. The molecule has 0 unspecified atom stereocenters. The van der Waals surface area contributed by atoms with Crippen LogP contribution in [0.5, 0.6) is 0 Å². The van der Waals surface area contributed by atoms with Gasteiger partial charge in [0.2, 0.25) is 11.9 Å². The number of carbonyl (C=O) groups excluding carboxylic acids is 2. The Kier molecular flexibility index (Phi) is 5.27. The summed E-state index contributed by atoms with van der Waals surface area (Å²) in [5, 5.41) is 4.12. The number of imidazole rings is 1. The molecule has 2 amide bonds. The Labute approximate surface area is 190 Å². The Morgan fingerprint density at radius 2 is 1.84 bits per heavy atom. The fraction of sp³-hybridized carbons (Fsp3) is 0.240. The van der Waals surface area contributed by atoms with E-state index < -0.39 is 0 Å². The van der Waals surface area contributed by atoms with Crippen LogP contribution in [-0.4, -0.2) is 39.4 Å². The summed E-state index contributed by atoms with van der Waals surface area (Å²) in [7, 11) is 1.90. The average Bonchev–Trinajstić information content (AvgIpc) is 3.51. The van der Waals surface area contributed by atoms with Gasteiger partial charge in [0.1, 0.15) is 0 Å². The Balaban J connectivity index is 1.48. The molecule has 0 saturated carbocycles. The average molecular weight is 445 g/mol. The lowest BCUT2D eigenvalue weighted by molar-refractivity contribution is -0.127. The van der Waals surface area contributed by atoms with E-state index in [0.29, 0.717) is 17.4 Å². The van der Waals surface area contributed by atoms with E-state index in [1.807, 2.05) is 65.0 Å². The molecule has 7 heteroatoms. The second-order valence-corrected chi connectivity index (χ2v) is 9.19. The van der Waals surface area contributed by atoms with Gasteiger partial charge in [-0.25, -0.2) is 4.98 Å². The molecule has 2 aromatic carbocycles. The first-order valence-corrected chi connectivity index (χ1v) is 11.5. The second kappa shape index (κ2) is 8.24. The van der Waals surface area contributed by atoms with Gasteiger partial charge in [-0.2, -0.15) is 0 Å². The van der Waals surface area contributed by atoms with Crippen molar-refractivity contribution in [2.45, 2.75) is 19.3 Å². The van der Waals surface area contributed by atoms with Gasteiger partial charge in [0.15, 0.2) is 0 Å². The molecule has 162 valence electrons. The molecule has 6 nitrogen and oxygen atoms in total. The highest BCUT2D eigenvalue weighted by Crippen LogP contribution is 2.40. The lowest BCUT2D eigenvalue weighted by Crippen LogP contribution is -2.25. The number of benzene rings is 2. The van der Waals surface area contributed by atoms with Gasteiger partial charge >= 0.3 is 0 Å².